The van der Waals surface area contributed by atoms with E-state index in [0.717, 1.165) is 18.2 Å². The first-order valence-corrected chi connectivity index (χ1v) is 6.51. The number of carbonyl (C=O) groups excluding carboxylic acids is 1. The van der Waals surface area contributed by atoms with Crippen molar-refractivity contribution in [3.63, 3.8) is 0 Å². The zero-order chi connectivity index (χ0) is 15.6. The highest BCUT2D eigenvalue weighted by molar-refractivity contribution is 7.09. The van der Waals surface area contributed by atoms with Crippen molar-refractivity contribution in [2.24, 2.45) is 0 Å². The monoisotopic (exact) mass is 307 g/mol. The molecular formula is C12H9N3O5S. The van der Waals surface area contributed by atoms with Crippen molar-refractivity contribution in [3.8, 4) is 0 Å². The molecule has 8 nitrogen and oxygen atoms in total. The molecule has 0 saturated carbocycles. The molecule has 2 N–H and O–H groups in total. The van der Waals surface area contributed by atoms with Gasteiger partial charge in [-0.05, 0) is 13.0 Å². The van der Waals surface area contributed by atoms with E-state index in [2.05, 4.69) is 10.3 Å². The normalized spacial score (nSPS) is 10.1. The highest BCUT2D eigenvalue weighted by Crippen LogP contribution is 2.23. The second-order valence-electron chi connectivity index (χ2n) is 4.00. The molecule has 0 fully saturated rings. The number of non-ortho nitro benzene ring substituents is 1. The van der Waals surface area contributed by atoms with Gasteiger partial charge in [0.25, 0.3) is 11.6 Å². The number of amides is 1. The Bertz CT molecular complexity index is 740. The topological polar surface area (TPSA) is 122 Å². The fourth-order valence-corrected chi connectivity index (χ4v) is 2.18. The van der Waals surface area contributed by atoms with Crippen LogP contribution in [0.1, 0.15) is 25.9 Å². The molecule has 9 heteroatoms. The molecule has 1 aromatic carbocycles. The van der Waals surface area contributed by atoms with Crippen molar-refractivity contribution in [1.29, 1.82) is 0 Å². The van der Waals surface area contributed by atoms with Crippen LogP contribution in [0.2, 0.25) is 0 Å². The molecule has 0 aliphatic carbocycles. The second-order valence-corrected chi connectivity index (χ2v) is 5.06. The number of carboxylic acid groups (broad SMARTS) is 1. The summed E-state index contributed by atoms with van der Waals surface area (Å²) in [5.74, 6) is -1.92. The van der Waals surface area contributed by atoms with Crippen molar-refractivity contribution in [2.45, 2.75) is 6.92 Å². The van der Waals surface area contributed by atoms with Gasteiger partial charge in [0.2, 0.25) is 0 Å². The van der Waals surface area contributed by atoms with Crippen LogP contribution < -0.4 is 5.32 Å². The lowest BCUT2D eigenvalue weighted by atomic mass is 10.1. The predicted octanol–water partition coefficient (Wildman–Crippen LogP) is 2.31. The van der Waals surface area contributed by atoms with Crippen LogP contribution in [-0.2, 0) is 0 Å². The zero-order valence-corrected chi connectivity index (χ0v) is 11.5. The van der Waals surface area contributed by atoms with Gasteiger partial charge in [-0.1, -0.05) is 0 Å². The number of aryl methyl sites for hydroxylation is 1. The smallest absolute Gasteiger partial charge is 0.337 e. The highest BCUT2D eigenvalue weighted by Gasteiger charge is 2.18. The van der Waals surface area contributed by atoms with Crippen LogP contribution >= 0.6 is 11.3 Å². The average molecular weight is 307 g/mol. The van der Waals surface area contributed by atoms with Gasteiger partial charge in [0.1, 0.15) is 5.69 Å². The van der Waals surface area contributed by atoms with E-state index in [-0.39, 0.29) is 22.6 Å². The van der Waals surface area contributed by atoms with E-state index >= 15 is 0 Å². The van der Waals surface area contributed by atoms with E-state index in [0.29, 0.717) is 5.01 Å². The standard InChI is InChI=1S/C12H9N3O5S/c1-6-13-10(5-21-6)11(16)14-9-4-7(15(19)20)2-3-8(9)12(17)18/h2-5H,1H3,(H,14,16)(H,17,18). The van der Waals surface area contributed by atoms with E-state index in [1.54, 1.807) is 6.92 Å². The summed E-state index contributed by atoms with van der Waals surface area (Å²) in [4.78, 5) is 37.1. The van der Waals surface area contributed by atoms with Gasteiger partial charge < -0.3 is 10.4 Å². The molecule has 1 aromatic heterocycles. The molecule has 108 valence electrons. The van der Waals surface area contributed by atoms with E-state index < -0.39 is 16.8 Å². The highest BCUT2D eigenvalue weighted by atomic mass is 32.1. The number of aromatic carboxylic acids is 1. The van der Waals surface area contributed by atoms with E-state index in [9.17, 15) is 19.7 Å². The Morgan fingerprint density at radius 3 is 2.67 bits per heavy atom. The Morgan fingerprint density at radius 1 is 1.43 bits per heavy atom. The molecule has 0 aliphatic heterocycles. The number of carboxylic acids is 1. The van der Waals surface area contributed by atoms with Crippen LogP contribution in [0, 0.1) is 17.0 Å². The van der Waals surface area contributed by atoms with Gasteiger partial charge in [0.05, 0.1) is 21.2 Å². The molecule has 1 heterocycles. The minimum atomic E-state index is -1.30. The maximum Gasteiger partial charge on any atom is 0.337 e. The van der Waals surface area contributed by atoms with E-state index in [1.165, 1.54) is 16.7 Å². The van der Waals surface area contributed by atoms with Gasteiger partial charge in [0, 0.05) is 17.5 Å². The average Bonchev–Trinajstić information content (AvgIpc) is 2.85. The zero-order valence-electron chi connectivity index (χ0n) is 10.7. The Labute approximate surface area is 122 Å². The first kappa shape index (κ1) is 14.6. The number of nitrogens with zero attached hydrogens (tertiary/aromatic N) is 2. The Hall–Kier alpha value is -2.81. The molecule has 0 atom stereocenters. The van der Waals surface area contributed by atoms with Gasteiger partial charge in [-0.25, -0.2) is 9.78 Å². The maximum absolute atomic E-state index is 12.0. The summed E-state index contributed by atoms with van der Waals surface area (Å²) in [6.07, 6.45) is 0. The minimum Gasteiger partial charge on any atom is -0.478 e. The lowest BCUT2D eigenvalue weighted by Gasteiger charge is -2.07. The maximum atomic E-state index is 12.0. The number of nitro groups is 1. The summed E-state index contributed by atoms with van der Waals surface area (Å²) in [6.45, 7) is 1.72. The molecule has 0 radical (unpaired) electrons. The SMILES string of the molecule is Cc1nc(C(=O)Nc2cc([N+](=O)[O-])ccc2C(=O)O)cs1. The number of nitro benzene ring substituents is 1. The lowest BCUT2D eigenvalue weighted by Crippen LogP contribution is -2.15. The van der Waals surface area contributed by atoms with Gasteiger partial charge in [0.15, 0.2) is 0 Å². The summed E-state index contributed by atoms with van der Waals surface area (Å²) in [5.41, 5.74) is -0.571. The van der Waals surface area contributed by atoms with Crippen molar-refractivity contribution in [2.75, 3.05) is 5.32 Å². The number of hydrogen-bond donors (Lipinski definition) is 2. The Kier molecular flexibility index (Phi) is 3.94. The van der Waals surface area contributed by atoms with E-state index in [4.69, 9.17) is 5.11 Å². The van der Waals surface area contributed by atoms with E-state index in [1.807, 2.05) is 0 Å². The Morgan fingerprint density at radius 2 is 2.14 bits per heavy atom. The minimum absolute atomic E-state index is 0.125. The van der Waals surface area contributed by atoms with Crippen molar-refractivity contribution in [3.05, 3.63) is 50.0 Å². The molecule has 2 rings (SSSR count). The molecule has 0 aliphatic rings. The van der Waals surface area contributed by atoms with Crippen LogP contribution in [0.5, 0.6) is 0 Å². The Balaban J connectivity index is 2.37. The van der Waals surface area contributed by atoms with Crippen molar-refractivity contribution < 1.29 is 19.6 Å². The van der Waals surface area contributed by atoms with Crippen molar-refractivity contribution in [1.82, 2.24) is 4.98 Å². The number of carbonyl (C=O) groups is 2. The molecule has 0 bridgehead atoms. The van der Waals surface area contributed by atoms with Crippen molar-refractivity contribution >= 4 is 34.6 Å². The summed E-state index contributed by atoms with van der Waals surface area (Å²) < 4.78 is 0. The van der Waals surface area contributed by atoms with Gasteiger partial charge in [-0.15, -0.1) is 11.3 Å². The predicted molar refractivity (Wildman–Crippen MR) is 74.9 cm³/mol. The number of hydrogen-bond acceptors (Lipinski definition) is 6. The first-order valence-electron chi connectivity index (χ1n) is 5.63. The molecule has 1 amide bonds. The van der Waals surface area contributed by atoms with Crippen LogP contribution in [0.3, 0.4) is 0 Å². The molecular weight excluding hydrogens is 298 g/mol. The largest absolute Gasteiger partial charge is 0.478 e. The first-order chi connectivity index (χ1) is 9.88. The lowest BCUT2D eigenvalue weighted by molar-refractivity contribution is -0.384. The number of aromatic nitrogens is 1. The van der Waals surface area contributed by atoms with Crippen LogP contribution in [0.15, 0.2) is 23.6 Å². The van der Waals surface area contributed by atoms with Gasteiger partial charge >= 0.3 is 5.97 Å². The third-order valence-corrected chi connectivity index (χ3v) is 3.32. The third kappa shape index (κ3) is 3.20. The fourth-order valence-electron chi connectivity index (χ4n) is 1.59. The van der Waals surface area contributed by atoms with Crippen LogP contribution in [-0.4, -0.2) is 26.9 Å². The number of rotatable bonds is 4. The number of anilines is 1. The summed E-state index contributed by atoms with van der Waals surface area (Å²) in [7, 11) is 0. The number of thiazole rings is 1. The van der Waals surface area contributed by atoms with Gasteiger partial charge in [-0.2, -0.15) is 0 Å². The fraction of sp³-hybridized carbons (Fsp3) is 0.0833. The number of nitrogens with one attached hydrogen (secondary N) is 1. The summed E-state index contributed by atoms with van der Waals surface area (Å²) in [6, 6.07) is 3.13. The quantitative estimate of drug-likeness (QED) is 0.660. The van der Waals surface area contributed by atoms with Crippen LogP contribution in [0.25, 0.3) is 0 Å². The molecule has 0 spiro atoms. The van der Waals surface area contributed by atoms with Gasteiger partial charge in [-0.3, -0.25) is 14.9 Å². The molecule has 2 aromatic rings. The molecule has 0 saturated heterocycles. The second kappa shape index (κ2) is 5.67. The third-order valence-electron chi connectivity index (χ3n) is 2.54. The van der Waals surface area contributed by atoms with Crippen LogP contribution in [0.4, 0.5) is 11.4 Å². The molecule has 0 unspecified atom stereocenters. The summed E-state index contributed by atoms with van der Waals surface area (Å²) in [5, 5.41) is 24.3. The summed E-state index contributed by atoms with van der Waals surface area (Å²) >= 11 is 1.27. The molecule has 21 heavy (non-hydrogen) atoms. The number of benzene rings is 1.